The van der Waals surface area contributed by atoms with Crippen molar-refractivity contribution in [2.75, 3.05) is 0 Å². The van der Waals surface area contributed by atoms with Crippen LogP contribution < -0.4 is 0 Å². The molecule has 0 saturated carbocycles. The summed E-state index contributed by atoms with van der Waals surface area (Å²) >= 11 is 6.16. The molecule has 1 aromatic carbocycles. The number of halogens is 1. The van der Waals surface area contributed by atoms with Gasteiger partial charge >= 0.3 is 0 Å². The van der Waals surface area contributed by atoms with Crippen molar-refractivity contribution in [1.29, 1.82) is 0 Å². The summed E-state index contributed by atoms with van der Waals surface area (Å²) in [4.78, 5) is 12.1. The Morgan fingerprint density at radius 2 is 1.68 bits per heavy atom. The number of aryl methyl sites for hydroxylation is 1. The molecule has 0 radical (unpaired) electrons. The molecular formula is C17H25ClO. The van der Waals surface area contributed by atoms with Gasteiger partial charge in [0.25, 0.3) is 0 Å². The molecule has 0 amide bonds. The number of hydrogen-bond donors (Lipinski definition) is 0. The predicted molar refractivity (Wildman–Crippen MR) is 83.1 cm³/mol. The fourth-order valence-electron chi connectivity index (χ4n) is 2.24. The van der Waals surface area contributed by atoms with Gasteiger partial charge < -0.3 is 0 Å². The monoisotopic (exact) mass is 280 g/mol. The lowest BCUT2D eigenvalue weighted by molar-refractivity contribution is 0.0979. The van der Waals surface area contributed by atoms with E-state index in [4.69, 9.17) is 11.6 Å². The Kier molecular flexibility index (Phi) is 7.81. The number of ketones is 1. The summed E-state index contributed by atoms with van der Waals surface area (Å²) in [5.41, 5.74) is 1.67. The normalized spacial score (nSPS) is 10.7. The van der Waals surface area contributed by atoms with Gasteiger partial charge in [0.15, 0.2) is 5.78 Å². The predicted octanol–water partition coefficient (Wildman–Crippen LogP) is 5.97. The second-order valence-electron chi connectivity index (χ2n) is 5.23. The molecule has 0 saturated heterocycles. The largest absolute Gasteiger partial charge is 0.294 e. The molecule has 2 heteroatoms. The van der Waals surface area contributed by atoms with Gasteiger partial charge in [0.1, 0.15) is 0 Å². The lowest BCUT2D eigenvalue weighted by Crippen LogP contribution is -2.00. The zero-order chi connectivity index (χ0) is 14.1. The van der Waals surface area contributed by atoms with Crippen molar-refractivity contribution in [1.82, 2.24) is 0 Å². The smallest absolute Gasteiger partial charge is 0.164 e. The molecule has 1 aromatic rings. The molecule has 1 rings (SSSR count). The molecule has 0 unspecified atom stereocenters. The van der Waals surface area contributed by atoms with Crippen molar-refractivity contribution < 1.29 is 4.79 Å². The van der Waals surface area contributed by atoms with Crippen molar-refractivity contribution >= 4 is 17.4 Å². The van der Waals surface area contributed by atoms with E-state index >= 15 is 0 Å². The zero-order valence-corrected chi connectivity index (χ0v) is 12.9. The average molecular weight is 281 g/mol. The van der Waals surface area contributed by atoms with Gasteiger partial charge in [-0.15, -0.1) is 0 Å². The fourth-order valence-corrected chi connectivity index (χ4v) is 2.47. The van der Waals surface area contributed by atoms with E-state index in [1.54, 1.807) is 0 Å². The zero-order valence-electron chi connectivity index (χ0n) is 12.2. The molecule has 0 aliphatic rings. The molecule has 0 atom stereocenters. The molecule has 0 N–H and O–H groups in total. The van der Waals surface area contributed by atoms with Gasteiger partial charge in [0.2, 0.25) is 0 Å². The second kappa shape index (κ2) is 9.14. The molecule has 0 aliphatic carbocycles. The minimum atomic E-state index is 0.183. The second-order valence-corrected chi connectivity index (χ2v) is 5.61. The van der Waals surface area contributed by atoms with E-state index < -0.39 is 0 Å². The van der Waals surface area contributed by atoms with Crippen LogP contribution in [0.3, 0.4) is 0 Å². The summed E-state index contributed by atoms with van der Waals surface area (Å²) < 4.78 is 0. The number of Topliss-reactive ketones (excluding diaryl/α,β-unsaturated/α-hetero) is 1. The van der Waals surface area contributed by atoms with Gasteiger partial charge in [0, 0.05) is 12.0 Å². The van der Waals surface area contributed by atoms with Crippen LogP contribution in [0, 0.1) is 6.92 Å². The lowest BCUT2D eigenvalue weighted by Gasteiger charge is -2.06. The Labute approximate surface area is 122 Å². The molecular weight excluding hydrogens is 256 g/mol. The van der Waals surface area contributed by atoms with Gasteiger partial charge in [-0.2, -0.15) is 0 Å². The van der Waals surface area contributed by atoms with Gasteiger partial charge in [-0.25, -0.2) is 0 Å². The molecule has 0 aliphatic heterocycles. The first-order valence-electron chi connectivity index (χ1n) is 7.45. The minimum absolute atomic E-state index is 0.183. The van der Waals surface area contributed by atoms with Crippen LogP contribution in [-0.4, -0.2) is 5.78 Å². The van der Waals surface area contributed by atoms with Gasteiger partial charge in [-0.1, -0.05) is 69.2 Å². The summed E-state index contributed by atoms with van der Waals surface area (Å²) in [5, 5.41) is 0.621. The van der Waals surface area contributed by atoms with E-state index in [1.807, 2.05) is 25.1 Å². The molecule has 106 valence electrons. The quantitative estimate of drug-likeness (QED) is 0.402. The molecule has 0 fully saturated rings. The molecule has 0 heterocycles. The highest BCUT2D eigenvalue weighted by Crippen LogP contribution is 2.22. The highest BCUT2D eigenvalue weighted by molar-refractivity contribution is 6.34. The van der Waals surface area contributed by atoms with Crippen LogP contribution in [0.1, 0.15) is 74.2 Å². The number of hydrogen-bond acceptors (Lipinski definition) is 1. The van der Waals surface area contributed by atoms with E-state index in [0.29, 0.717) is 17.0 Å². The summed E-state index contributed by atoms with van der Waals surface area (Å²) in [7, 11) is 0. The Balaban J connectivity index is 2.26. The highest BCUT2D eigenvalue weighted by Gasteiger charge is 2.10. The number of benzene rings is 1. The first-order valence-corrected chi connectivity index (χ1v) is 7.83. The number of rotatable bonds is 9. The Morgan fingerprint density at radius 3 is 2.37 bits per heavy atom. The standard InChI is InChI=1S/C17H25ClO/c1-3-4-5-6-7-8-9-13-16(19)15-12-10-11-14(2)17(15)18/h10-12H,3-9,13H2,1-2H3. The van der Waals surface area contributed by atoms with Crippen LogP contribution >= 0.6 is 11.6 Å². The van der Waals surface area contributed by atoms with E-state index in [1.165, 1.54) is 32.1 Å². The summed E-state index contributed by atoms with van der Waals surface area (Å²) in [6.45, 7) is 4.16. The maximum absolute atomic E-state index is 12.1. The summed E-state index contributed by atoms with van der Waals surface area (Å²) in [6.07, 6.45) is 9.24. The molecule has 0 spiro atoms. The Morgan fingerprint density at radius 1 is 1.05 bits per heavy atom. The van der Waals surface area contributed by atoms with Crippen LogP contribution in [0.2, 0.25) is 5.02 Å². The topological polar surface area (TPSA) is 17.1 Å². The van der Waals surface area contributed by atoms with Crippen LogP contribution in [0.5, 0.6) is 0 Å². The van der Waals surface area contributed by atoms with Crippen molar-refractivity contribution in [3.63, 3.8) is 0 Å². The van der Waals surface area contributed by atoms with Crippen LogP contribution in [-0.2, 0) is 0 Å². The third-order valence-corrected chi connectivity index (χ3v) is 4.00. The van der Waals surface area contributed by atoms with Crippen molar-refractivity contribution in [3.8, 4) is 0 Å². The first-order chi connectivity index (χ1) is 9.16. The Bertz CT molecular complexity index is 398. The van der Waals surface area contributed by atoms with E-state index in [0.717, 1.165) is 18.4 Å². The van der Waals surface area contributed by atoms with Crippen LogP contribution in [0.4, 0.5) is 0 Å². The minimum Gasteiger partial charge on any atom is -0.294 e. The summed E-state index contributed by atoms with van der Waals surface area (Å²) in [6, 6.07) is 5.67. The number of unbranched alkanes of at least 4 members (excludes halogenated alkanes) is 6. The van der Waals surface area contributed by atoms with E-state index in [2.05, 4.69) is 6.92 Å². The van der Waals surface area contributed by atoms with Gasteiger partial charge in [0.05, 0.1) is 5.02 Å². The van der Waals surface area contributed by atoms with Gasteiger partial charge in [-0.3, -0.25) is 4.79 Å². The maximum atomic E-state index is 12.1. The van der Waals surface area contributed by atoms with Crippen molar-refractivity contribution in [2.45, 2.75) is 65.2 Å². The fraction of sp³-hybridized carbons (Fsp3) is 0.588. The third kappa shape index (κ3) is 5.78. The molecule has 0 aromatic heterocycles. The Hall–Kier alpha value is -0.820. The van der Waals surface area contributed by atoms with Crippen LogP contribution in [0.15, 0.2) is 18.2 Å². The van der Waals surface area contributed by atoms with Crippen LogP contribution in [0.25, 0.3) is 0 Å². The van der Waals surface area contributed by atoms with Crippen molar-refractivity contribution in [2.24, 2.45) is 0 Å². The number of carbonyl (C=O) groups excluding carboxylic acids is 1. The first kappa shape index (κ1) is 16.2. The third-order valence-electron chi connectivity index (χ3n) is 3.50. The van der Waals surface area contributed by atoms with E-state index in [-0.39, 0.29) is 5.78 Å². The SMILES string of the molecule is CCCCCCCCCC(=O)c1cccc(C)c1Cl. The highest BCUT2D eigenvalue weighted by atomic mass is 35.5. The molecule has 1 nitrogen and oxygen atoms in total. The lowest BCUT2D eigenvalue weighted by atomic mass is 10.0. The average Bonchev–Trinajstić information content (AvgIpc) is 2.40. The summed E-state index contributed by atoms with van der Waals surface area (Å²) in [5.74, 6) is 0.183. The molecule has 19 heavy (non-hydrogen) atoms. The maximum Gasteiger partial charge on any atom is 0.164 e. The number of carbonyl (C=O) groups is 1. The van der Waals surface area contributed by atoms with Gasteiger partial charge in [-0.05, 0) is 25.0 Å². The van der Waals surface area contributed by atoms with Crippen molar-refractivity contribution in [3.05, 3.63) is 34.3 Å². The van der Waals surface area contributed by atoms with E-state index in [9.17, 15) is 4.79 Å². The molecule has 0 bridgehead atoms.